The average molecular weight is 359 g/mol. The molecule has 0 radical (unpaired) electrons. The number of carbonyl (C=O) groups is 2. The molecule has 2 aromatic rings. The second-order valence-corrected chi connectivity index (χ2v) is 6.92. The Kier molecular flexibility index (Phi) is 5.80. The smallest absolute Gasteiger partial charge is 0.265 e. The number of nitrogens with one attached hydrogen (secondary N) is 2. The number of ether oxygens (including phenoxy) is 1. The van der Waals surface area contributed by atoms with Gasteiger partial charge in [0.15, 0.2) is 0 Å². The van der Waals surface area contributed by atoms with Gasteiger partial charge in [-0.05, 0) is 54.5 Å². The zero-order valence-corrected chi connectivity index (χ0v) is 14.6. The zero-order chi connectivity index (χ0) is 17.6. The quantitative estimate of drug-likeness (QED) is 0.765. The fourth-order valence-corrected chi connectivity index (χ4v) is 3.37. The van der Waals surface area contributed by atoms with Crippen molar-refractivity contribution in [3.8, 4) is 0 Å². The van der Waals surface area contributed by atoms with E-state index in [0.717, 1.165) is 12.8 Å². The summed E-state index contributed by atoms with van der Waals surface area (Å²) in [5.74, 6) is -0.186. The molecular formula is C18H21N3O3S. The molecule has 6 nitrogen and oxygen atoms in total. The van der Waals surface area contributed by atoms with Crippen molar-refractivity contribution in [2.45, 2.75) is 18.9 Å². The Morgan fingerprint density at radius 1 is 1.08 bits per heavy atom. The topological polar surface area (TPSA) is 93.5 Å². The van der Waals surface area contributed by atoms with E-state index in [1.54, 1.807) is 30.3 Å². The van der Waals surface area contributed by atoms with E-state index in [1.807, 2.05) is 11.4 Å². The number of hydrogen-bond acceptors (Lipinski definition) is 5. The van der Waals surface area contributed by atoms with Crippen LogP contribution < -0.4 is 16.4 Å². The van der Waals surface area contributed by atoms with E-state index in [1.165, 1.54) is 11.3 Å². The van der Waals surface area contributed by atoms with Crippen molar-refractivity contribution in [1.29, 1.82) is 0 Å². The molecule has 0 aliphatic carbocycles. The molecule has 0 saturated carbocycles. The fourth-order valence-electron chi connectivity index (χ4n) is 2.75. The predicted octanol–water partition coefficient (Wildman–Crippen LogP) is 2.69. The Morgan fingerprint density at radius 2 is 1.72 bits per heavy atom. The molecule has 4 N–H and O–H groups in total. The maximum absolute atomic E-state index is 12.3. The molecule has 1 saturated heterocycles. The van der Waals surface area contributed by atoms with Gasteiger partial charge < -0.3 is 21.1 Å². The molecule has 0 spiro atoms. The van der Waals surface area contributed by atoms with E-state index in [9.17, 15) is 9.59 Å². The van der Waals surface area contributed by atoms with Gasteiger partial charge in [0.2, 0.25) is 5.91 Å². The molecular weight excluding hydrogens is 338 g/mol. The van der Waals surface area contributed by atoms with E-state index in [0.29, 0.717) is 29.5 Å². The van der Waals surface area contributed by atoms with Crippen molar-refractivity contribution in [2.75, 3.05) is 23.8 Å². The number of anilines is 2. The van der Waals surface area contributed by atoms with Crippen LogP contribution in [0.25, 0.3) is 0 Å². The molecule has 132 valence electrons. The predicted molar refractivity (Wildman–Crippen MR) is 98.9 cm³/mol. The van der Waals surface area contributed by atoms with Crippen molar-refractivity contribution in [1.82, 2.24) is 0 Å². The maximum Gasteiger partial charge on any atom is 0.265 e. The van der Waals surface area contributed by atoms with Crippen molar-refractivity contribution in [3.63, 3.8) is 0 Å². The van der Waals surface area contributed by atoms with Crippen molar-refractivity contribution >= 4 is 34.5 Å². The summed E-state index contributed by atoms with van der Waals surface area (Å²) in [6.07, 6.45) is 1.62. The molecule has 2 amide bonds. The van der Waals surface area contributed by atoms with E-state index in [-0.39, 0.29) is 17.7 Å². The highest BCUT2D eigenvalue weighted by Crippen LogP contribution is 2.20. The van der Waals surface area contributed by atoms with Gasteiger partial charge in [0.1, 0.15) is 0 Å². The van der Waals surface area contributed by atoms with Gasteiger partial charge in [0.25, 0.3) is 5.91 Å². The van der Waals surface area contributed by atoms with Crippen LogP contribution in [0.2, 0.25) is 0 Å². The Hall–Kier alpha value is -2.22. The van der Waals surface area contributed by atoms with Crippen LogP contribution in [0.1, 0.15) is 22.5 Å². The molecule has 0 bridgehead atoms. The first-order valence-electron chi connectivity index (χ1n) is 8.22. The third-order valence-corrected chi connectivity index (χ3v) is 5.10. The SMILES string of the molecule is NC(C(=O)Nc1ccc(NC(=O)c2cccs2)cc1)C1CCOCC1. The van der Waals surface area contributed by atoms with Crippen molar-refractivity contribution in [2.24, 2.45) is 11.7 Å². The molecule has 1 fully saturated rings. The number of rotatable bonds is 5. The number of amides is 2. The summed E-state index contributed by atoms with van der Waals surface area (Å²) < 4.78 is 5.30. The van der Waals surface area contributed by atoms with Crippen LogP contribution in [-0.4, -0.2) is 31.1 Å². The van der Waals surface area contributed by atoms with Crippen LogP contribution in [0.3, 0.4) is 0 Å². The van der Waals surface area contributed by atoms with Crippen LogP contribution in [-0.2, 0) is 9.53 Å². The normalized spacial score (nSPS) is 16.2. The molecule has 1 aliphatic heterocycles. The lowest BCUT2D eigenvalue weighted by molar-refractivity contribution is -0.119. The second-order valence-electron chi connectivity index (χ2n) is 5.97. The third kappa shape index (κ3) is 4.66. The first-order chi connectivity index (χ1) is 12.1. The van der Waals surface area contributed by atoms with Gasteiger partial charge in [0.05, 0.1) is 10.9 Å². The number of thiophene rings is 1. The van der Waals surface area contributed by atoms with Gasteiger partial charge in [-0.1, -0.05) is 6.07 Å². The van der Waals surface area contributed by atoms with Crippen molar-refractivity contribution < 1.29 is 14.3 Å². The van der Waals surface area contributed by atoms with Gasteiger partial charge in [0, 0.05) is 24.6 Å². The second kappa shape index (κ2) is 8.24. The molecule has 7 heteroatoms. The van der Waals surface area contributed by atoms with E-state index >= 15 is 0 Å². The summed E-state index contributed by atoms with van der Waals surface area (Å²) in [5.41, 5.74) is 7.39. The summed E-state index contributed by atoms with van der Waals surface area (Å²) in [7, 11) is 0. The molecule has 1 aromatic heterocycles. The molecule has 3 rings (SSSR count). The van der Waals surface area contributed by atoms with Crippen LogP contribution in [0.5, 0.6) is 0 Å². The van der Waals surface area contributed by atoms with Gasteiger partial charge in [-0.25, -0.2) is 0 Å². The Balaban J connectivity index is 1.55. The molecule has 1 atom stereocenters. The lowest BCUT2D eigenvalue weighted by Crippen LogP contribution is -2.43. The lowest BCUT2D eigenvalue weighted by atomic mass is 9.92. The van der Waals surface area contributed by atoms with Crippen LogP contribution in [0.4, 0.5) is 11.4 Å². The summed E-state index contributed by atoms with van der Waals surface area (Å²) in [4.78, 5) is 24.9. The largest absolute Gasteiger partial charge is 0.381 e. The molecule has 1 aromatic carbocycles. The van der Waals surface area contributed by atoms with Crippen LogP contribution in [0, 0.1) is 5.92 Å². The minimum absolute atomic E-state index is 0.145. The highest BCUT2D eigenvalue weighted by molar-refractivity contribution is 7.12. The van der Waals surface area contributed by atoms with Crippen LogP contribution in [0.15, 0.2) is 41.8 Å². The van der Waals surface area contributed by atoms with E-state index in [2.05, 4.69) is 10.6 Å². The Bertz CT molecular complexity index is 710. The number of benzene rings is 1. The lowest BCUT2D eigenvalue weighted by Gasteiger charge is -2.26. The molecule has 2 heterocycles. The maximum atomic E-state index is 12.3. The van der Waals surface area contributed by atoms with Gasteiger partial charge in [-0.2, -0.15) is 0 Å². The third-order valence-electron chi connectivity index (χ3n) is 4.23. The molecule has 1 aliphatic rings. The summed E-state index contributed by atoms with van der Waals surface area (Å²) in [6, 6.07) is 10.1. The minimum atomic E-state index is -0.540. The van der Waals surface area contributed by atoms with Gasteiger partial charge in [-0.3, -0.25) is 9.59 Å². The first-order valence-corrected chi connectivity index (χ1v) is 9.10. The fraction of sp³-hybridized carbons (Fsp3) is 0.333. The minimum Gasteiger partial charge on any atom is -0.381 e. The summed E-state index contributed by atoms with van der Waals surface area (Å²) >= 11 is 1.39. The molecule has 25 heavy (non-hydrogen) atoms. The summed E-state index contributed by atoms with van der Waals surface area (Å²) in [5, 5.41) is 7.51. The highest BCUT2D eigenvalue weighted by atomic mass is 32.1. The van der Waals surface area contributed by atoms with E-state index in [4.69, 9.17) is 10.5 Å². The Labute approximate surface area is 150 Å². The zero-order valence-electron chi connectivity index (χ0n) is 13.7. The van der Waals surface area contributed by atoms with E-state index < -0.39 is 6.04 Å². The average Bonchev–Trinajstić information content (AvgIpc) is 3.18. The van der Waals surface area contributed by atoms with Crippen LogP contribution >= 0.6 is 11.3 Å². The number of hydrogen-bond donors (Lipinski definition) is 3. The highest BCUT2D eigenvalue weighted by Gasteiger charge is 2.26. The van der Waals surface area contributed by atoms with Gasteiger partial charge >= 0.3 is 0 Å². The summed E-state index contributed by atoms with van der Waals surface area (Å²) in [6.45, 7) is 1.31. The standard InChI is InChI=1S/C18H21N3O3S/c19-16(12-7-9-24-10-8-12)18(23)21-14-5-3-13(4-6-14)20-17(22)15-2-1-11-25-15/h1-6,11-12,16H,7-10,19H2,(H,20,22)(H,21,23). The monoisotopic (exact) mass is 359 g/mol. The number of nitrogens with two attached hydrogens (primary N) is 1. The van der Waals surface area contributed by atoms with Crippen molar-refractivity contribution in [3.05, 3.63) is 46.7 Å². The number of carbonyl (C=O) groups excluding carboxylic acids is 2. The molecule has 1 unspecified atom stereocenters. The first kappa shape index (κ1) is 17.6. The Morgan fingerprint density at radius 3 is 2.32 bits per heavy atom. The van der Waals surface area contributed by atoms with Gasteiger partial charge in [-0.15, -0.1) is 11.3 Å².